The highest BCUT2D eigenvalue weighted by Gasteiger charge is 2.13. The smallest absolute Gasteiger partial charge is 0.127 e. The predicted molar refractivity (Wildman–Crippen MR) is 98.3 cm³/mol. The zero-order valence-corrected chi connectivity index (χ0v) is 15.2. The van der Waals surface area contributed by atoms with Crippen LogP contribution in [-0.4, -0.2) is 5.54 Å². The van der Waals surface area contributed by atoms with Gasteiger partial charge in [-0.05, 0) is 61.6 Å². The summed E-state index contributed by atoms with van der Waals surface area (Å²) in [5.74, 6) is 1.75. The van der Waals surface area contributed by atoms with E-state index in [4.69, 9.17) is 4.74 Å². The Morgan fingerprint density at radius 3 is 2.04 bits per heavy atom. The van der Waals surface area contributed by atoms with Crippen LogP contribution in [0.1, 0.15) is 52.7 Å². The van der Waals surface area contributed by atoms with Crippen LogP contribution in [-0.2, 0) is 12.0 Å². The van der Waals surface area contributed by atoms with Crippen LogP contribution >= 0.6 is 0 Å². The molecule has 2 aromatic rings. The highest BCUT2D eigenvalue weighted by atomic mass is 16.5. The summed E-state index contributed by atoms with van der Waals surface area (Å²) in [6, 6.07) is 16.6. The largest absolute Gasteiger partial charge is 0.457 e. The Morgan fingerprint density at radius 2 is 1.48 bits per heavy atom. The van der Waals surface area contributed by atoms with Crippen LogP contribution in [0.15, 0.2) is 48.5 Å². The Bertz CT molecular complexity index is 630. The molecule has 0 saturated heterocycles. The minimum absolute atomic E-state index is 0.111. The highest BCUT2D eigenvalue weighted by Crippen LogP contribution is 2.27. The van der Waals surface area contributed by atoms with Gasteiger partial charge in [0.15, 0.2) is 0 Å². The second-order valence-corrected chi connectivity index (χ2v) is 8.13. The first-order valence-corrected chi connectivity index (χ1v) is 8.26. The lowest BCUT2D eigenvalue weighted by molar-refractivity contribution is 0.423. The van der Waals surface area contributed by atoms with Crippen molar-refractivity contribution >= 4 is 0 Å². The number of hydrogen-bond acceptors (Lipinski definition) is 2. The molecule has 0 aliphatic rings. The van der Waals surface area contributed by atoms with Gasteiger partial charge in [0.25, 0.3) is 0 Å². The second-order valence-electron chi connectivity index (χ2n) is 8.13. The Kier molecular flexibility index (Phi) is 5.16. The summed E-state index contributed by atoms with van der Waals surface area (Å²) in [6.07, 6.45) is 0. The lowest BCUT2D eigenvalue weighted by atomic mass is 9.87. The summed E-state index contributed by atoms with van der Waals surface area (Å²) in [5.41, 5.74) is 2.81. The fourth-order valence-corrected chi connectivity index (χ4v) is 2.25. The van der Waals surface area contributed by atoms with Gasteiger partial charge in [-0.2, -0.15) is 0 Å². The molecule has 0 unspecified atom stereocenters. The van der Waals surface area contributed by atoms with Crippen molar-refractivity contribution in [3.8, 4) is 11.5 Å². The van der Waals surface area contributed by atoms with Crippen molar-refractivity contribution in [1.29, 1.82) is 0 Å². The molecule has 0 heterocycles. The zero-order chi connectivity index (χ0) is 17.1. The maximum Gasteiger partial charge on any atom is 0.127 e. The van der Waals surface area contributed by atoms with Crippen molar-refractivity contribution in [2.75, 3.05) is 0 Å². The third-order valence-electron chi connectivity index (χ3n) is 3.68. The number of nitrogens with one attached hydrogen (secondary N) is 1. The molecule has 0 radical (unpaired) electrons. The highest BCUT2D eigenvalue weighted by molar-refractivity contribution is 5.36. The fraction of sp³-hybridized carbons (Fsp3) is 0.429. The Labute approximate surface area is 140 Å². The van der Waals surface area contributed by atoms with E-state index in [1.807, 2.05) is 24.3 Å². The third-order valence-corrected chi connectivity index (χ3v) is 3.68. The van der Waals surface area contributed by atoms with E-state index in [1.165, 1.54) is 11.1 Å². The van der Waals surface area contributed by atoms with Crippen molar-refractivity contribution in [2.45, 2.75) is 59.0 Å². The van der Waals surface area contributed by atoms with Crippen LogP contribution in [0.3, 0.4) is 0 Å². The average Bonchev–Trinajstić information content (AvgIpc) is 2.44. The number of rotatable bonds is 4. The molecular weight excluding hydrogens is 282 g/mol. The molecule has 0 bridgehead atoms. The average molecular weight is 311 g/mol. The Balaban J connectivity index is 2.05. The fourth-order valence-electron chi connectivity index (χ4n) is 2.25. The van der Waals surface area contributed by atoms with Gasteiger partial charge >= 0.3 is 0 Å². The molecule has 0 atom stereocenters. The van der Waals surface area contributed by atoms with Gasteiger partial charge in [-0.25, -0.2) is 0 Å². The van der Waals surface area contributed by atoms with Gasteiger partial charge in [-0.3, -0.25) is 0 Å². The third kappa shape index (κ3) is 5.72. The monoisotopic (exact) mass is 311 g/mol. The summed E-state index contributed by atoms with van der Waals surface area (Å²) in [4.78, 5) is 0. The summed E-state index contributed by atoms with van der Waals surface area (Å²) in [6.45, 7) is 14.0. The minimum Gasteiger partial charge on any atom is -0.457 e. The molecule has 0 amide bonds. The summed E-state index contributed by atoms with van der Waals surface area (Å²) in [7, 11) is 0. The maximum atomic E-state index is 5.99. The summed E-state index contributed by atoms with van der Waals surface area (Å²) >= 11 is 0. The van der Waals surface area contributed by atoms with Crippen molar-refractivity contribution < 1.29 is 4.74 Å². The molecule has 0 aliphatic carbocycles. The molecule has 0 aliphatic heterocycles. The van der Waals surface area contributed by atoms with Gasteiger partial charge in [-0.15, -0.1) is 0 Å². The van der Waals surface area contributed by atoms with Gasteiger partial charge in [0, 0.05) is 12.1 Å². The van der Waals surface area contributed by atoms with Crippen LogP contribution < -0.4 is 10.1 Å². The van der Waals surface area contributed by atoms with Crippen molar-refractivity contribution in [2.24, 2.45) is 0 Å². The molecule has 2 aromatic carbocycles. The van der Waals surface area contributed by atoms with Crippen molar-refractivity contribution in [3.63, 3.8) is 0 Å². The van der Waals surface area contributed by atoms with Gasteiger partial charge in [0.1, 0.15) is 11.5 Å². The SMILES string of the molecule is CC(C)(C)NCc1cccc(Oc2ccc(C(C)(C)C)cc2)c1. The van der Waals surface area contributed by atoms with Crippen molar-refractivity contribution in [1.82, 2.24) is 5.32 Å². The standard InChI is InChI=1S/C21H29NO/c1-20(2,3)17-10-12-18(13-11-17)23-19-9-7-8-16(14-19)15-22-21(4,5)6/h7-14,22H,15H2,1-6H3. The van der Waals surface area contributed by atoms with E-state index in [0.717, 1.165) is 18.0 Å². The maximum absolute atomic E-state index is 5.99. The van der Waals surface area contributed by atoms with Crippen LogP contribution in [0.5, 0.6) is 11.5 Å². The van der Waals surface area contributed by atoms with Gasteiger partial charge in [0.05, 0.1) is 0 Å². The molecule has 23 heavy (non-hydrogen) atoms. The minimum atomic E-state index is 0.111. The van der Waals surface area contributed by atoms with E-state index in [2.05, 4.69) is 71.1 Å². The molecule has 0 saturated carbocycles. The first kappa shape index (κ1) is 17.6. The van der Waals surface area contributed by atoms with Crippen LogP contribution in [0.4, 0.5) is 0 Å². The van der Waals surface area contributed by atoms with E-state index in [-0.39, 0.29) is 11.0 Å². The number of hydrogen-bond donors (Lipinski definition) is 1. The van der Waals surface area contributed by atoms with E-state index >= 15 is 0 Å². The predicted octanol–water partition coefficient (Wildman–Crippen LogP) is 5.66. The lowest BCUT2D eigenvalue weighted by Crippen LogP contribution is -2.35. The number of ether oxygens (including phenoxy) is 1. The first-order chi connectivity index (χ1) is 10.6. The zero-order valence-electron chi connectivity index (χ0n) is 15.2. The van der Waals surface area contributed by atoms with Crippen LogP contribution in [0, 0.1) is 0 Å². The molecule has 0 aromatic heterocycles. The Hall–Kier alpha value is -1.80. The van der Waals surface area contributed by atoms with E-state index in [9.17, 15) is 0 Å². The van der Waals surface area contributed by atoms with Gasteiger partial charge < -0.3 is 10.1 Å². The first-order valence-electron chi connectivity index (χ1n) is 8.26. The number of benzene rings is 2. The second kappa shape index (κ2) is 6.76. The molecule has 0 fully saturated rings. The molecule has 0 spiro atoms. The topological polar surface area (TPSA) is 21.3 Å². The van der Waals surface area contributed by atoms with Gasteiger partial charge in [0.2, 0.25) is 0 Å². The summed E-state index contributed by atoms with van der Waals surface area (Å²) in [5, 5.41) is 3.50. The molecular formula is C21H29NO. The van der Waals surface area contributed by atoms with Gasteiger partial charge in [-0.1, -0.05) is 45.0 Å². The van der Waals surface area contributed by atoms with E-state index < -0.39 is 0 Å². The van der Waals surface area contributed by atoms with E-state index in [0.29, 0.717) is 0 Å². The lowest BCUT2D eigenvalue weighted by Gasteiger charge is -2.21. The quantitative estimate of drug-likeness (QED) is 0.786. The van der Waals surface area contributed by atoms with Crippen LogP contribution in [0.2, 0.25) is 0 Å². The molecule has 2 nitrogen and oxygen atoms in total. The molecule has 2 rings (SSSR count). The van der Waals surface area contributed by atoms with E-state index in [1.54, 1.807) is 0 Å². The summed E-state index contributed by atoms with van der Waals surface area (Å²) < 4.78 is 5.99. The normalized spacial score (nSPS) is 12.3. The molecule has 2 heteroatoms. The Morgan fingerprint density at radius 1 is 0.826 bits per heavy atom. The van der Waals surface area contributed by atoms with Crippen LogP contribution in [0.25, 0.3) is 0 Å². The molecule has 1 N–H and O–H groups in total. The van der Waals surface area contributed by atoms with Crippen molar-refractivity contribution in [3.05, 3.63) is 59.7 Å². The molecule has 124 valence electrons.